The van der Waals surface area contributed by atoms with Gasteiger partial charge >= 0.3 is 0 Å². The second kappa shape index (κ2) is 6.30. The van der Waals surface area contributed by atoms with E-state index in [1.165, 1.54) is 37.1 Å². The monoisotopic (exact) mass is 297 g/mol. The SMILES string of the molecule is Cc1cccc(N2CCC(N3CCC[C@@](C)(C#N)C3)CC2)c1. The van der Waals surface area contributed by atoms with Crippen molar-refractivity contribution >= 4 is 5.69 Å². The third-order valence-corrected chi connectivity index (χ3v) is 5.34. The van der Waals surface area contributed by atoms with Crippen LogP contribution < -0.4 is 4.90 Å². The summed E-state index contributed by atoms with van der Waals surface area (Å²) >= 11 is 0. The van der Waals surface area contributed by atoms with E-state index in [9.17, 15) is 5.26 Å². The second-order valence-corrected chi connectivity index (χ2v) is 7.30. The van der Waals surface area contributed by atoms with Gasteiger partial charge in [0.25, 0.3) is 0 Å². The number of hydrogen-bond acceptors (Lipinski definition) is 3. The Morgan fingerprint density at radius 1 is 1.23 bits per heavy atom. The Bertz CT molecular complexity index is 554. The number of piperidine rings is 2. The highest BCUT2D eigenvalue weighted by Gasteiger charge is 2.35. The largest absolute Gasteiger partial charge is 0.371 e. The van der Waals surface area contributed by atoms with Gasteiger partial charge in [-0.2, -0.15) is 5.26 Å². The van der Waals surface area contributed by atoms with Gasteiger partial charge in [-0.3, -0.25) is 4.90 Å². The molecular weight excluding hydrogens is 270 g/mol. The molecule has 0 N–H and O–H groups in total. The molecule has 0 saturated carbocycles. The van der Waals surface area contributed by atoms with Gasteiger partial charge in [0.2, 0.25) is 0 Å². The average molecular weight is 297 g/mol. The highest BCUT2D eigenvalue weighted by Crippen LogP contribution is 2.32. The molecule has 1 aromatic rings. The van der Waals surface area contributed by atoms with E-state index in [2.05, 4.69) is 54.0 Å². The smallest absolute Gasteiger partial charge is 0.0700 e. The summed E-state index contributed by atoms with van der Waals surface area (Å²) in [6.45, 7) is 8.68. The number of nitriles is 1. The molecule has 118 valence electrons. The van der Waals surface area contributed by atoms with Gasteiger partial charge in [-0.25, -0.2) is 0 Å². The third kappa shape index (κ3) is 3.28. The summed E-state index contributed by atoms with van der Waals surface area (Å²) in [6, 6.07) is 12.0. The average Bonchev–Trinajstić information content (AvgIpc) is 2.55. The molecular formula is C19H27N3. The van der Waals surface area contributed by atoms with Crippen LogP contribution in [0.15, 0.2) is 24.3 Å². The molecule has 0 radical (unpaired) electrons. The Kier molecular flexibility index (Phi) is 4.40. The van der Waals surface area contributed by atoms with Crippen LogP contribution >= 0.6 is 0 Å². The van der Waals surface area contributed by atoms with Crippen molar-refractivity contribution in [2.45, 2.75) is 45.6 Å². The summed E-state index contributed by atoms with van der Waals surface area (Å²) in [6.07, 6.45) is 4.66. The molecule has 3 rings (SSSR count). The number of nitrogens with zero attached hydrogens (tertiary/aromatic N) is 3. The molecule has 2 aliphatic heterocycles. The van der Waals surface area contributed by atoms with Crippen LogP contribution in [0, 0.1) is 23.7 Å². The van der Waals surface area contributed by atoms with Crippen LogP contribution in [0.3, 0.4) is 0 Å². The first-order valence-electron chi connectivity index (χ1n) is 8.57. The Morgan fingerprint density at radius 3 is 2.68 bits per heavy atom. The summed E-state index contributed by atoms with van der Waals surface area (Å²) in [5, 5.41) is 9.40. The van der Waals surface area contributed by atoms with Crippen molar-refractivity contribution in [3.63, 3.8) is 0 Å². The molecule has 0 aliphatic carbocycles. The van der Waals surface area contributed by atoms with E-state index in [4.69, 9.17) is 0 Å². The Balaban J connectivity index is 1.59. The van der Waals surface area contributed by atoms with Crippen molar-refractivity contribution < 1.29 is 0 Å². The summed E-state index contributed by atoms with van der Waals surface area (Å²) in [5.41, 5.74) is 2.56. The topological polar surface area (TPSA) is 30.3 Å². The van der Waals surface area contributed by atoms with Crippen LogP contribution in [0.25, 0.3) is 0 Å². The summed E-state index contributed by atoms with van der Waals surface area (Å²) in [5.74, 6) is 0. The van der Waals surface area contributed by atoms with Gasteiger partial charge in [0, 0.05) is 31.4 Å². The molecule has 0 aromatic heterocycles. The minimum absolute atomic E-state index is 0.133. The van der Waals surface area contributed by atoms with E-state index in [0.717, 1.165) is 26.1 Å². The van der Waals surface area contributed by atoms with E-state index >= 15 is 0 Å². The quantitative estimate of drug-likeness (QED) is 0.835. The molecule has 1 atom stereocenters. The first kappa shape index (κ1) is 15.4. The lowest BCUT2D eigenvalue weighted by Gasteiger charge is -2.44. The summed E-state index contributed by atoms with van der Waals surface area (Å²) in [7, 11) is 0. The first-order valence-corrected chi connectivity index (χ1v) is 8.57. The van der Waals surface area contributed by atoms with E-state index in [1.807, 2.05) is 0 Å². The predicted molar refractivity (Wildman–Crippen MR) is 90.9 cm³/mol. The Morgan fingerprint density at radius 2 is 2.00 bits per heavy atom. The van der Waals surface area contributed by atoms with Gasteiger partial charge in [0.05, 0.1) is 11.5 Å². The number of rotatable bonds is 2. The van der Waals surface area contributed by atoms with Crippen LogP contribution in [0.5, 0.6) is 0 Å². The van der Waals surface area contributed by atoms with E-state index in [0.29, 0.717) is 6.04 Å². The maximum Gasteiger partial charge on any atom is 0.0700 e. The van der Waals surface area contributed by atoms with Gasteiger partial charge in [0.15, 0.2) is 0 Å². The minimum Gasteiger partial charge on any atom is -0.371 e. The second-order valence-electron chi connectivity index (χ2n) is 7.30. The van der Waals surface area contributed by atoms with Crippen molar-refractivity contribution in [3.8, 4) is 6.07 Å². The molecule has 22 heavy (non-hydrogen) atoms. The fourth-order valence-electron chi connectivity index (χ4n) is 4.00. The van der Waals surface area contributed by atoms with Crippen molar-refractivity contribution in [2.75, 3.05) is 31.1 Å². The molecule has 3 nitrogen and oxygen atoms in total. The number of benzene rings is 1. The molecule has 1 aromatic carbocycles. The molecule has 3 heteroatoms. The normalized spacial score (nSPS) is 27.6. The number of aryl methyl sites for hydroxylation is 1. The summed E-state index contributed by atoms with van der Waals surface area (Å²) in [4.78, 5) is 5.09. The molecule has 2 heterocycles. The van der Waals surface area contributed by atoms with Crippen LogP contribution in [0.4, 0.5) is 5.69 Å². The standard InChI is InChI=1S/C19H27N3/c1-16-5-3-6-18(13-16)21-11-7-17(8-12-21)22-10-4-9-19(2,14-20)15-22/h3,5-6,13,17H,4,7-12,15H2,1-2H3/t19-/m0/s1. The van der Waals surface area contributed by atoms with Gasteiger partial charge in [0.1, 0.15) is 0 Å². The Labute approximate surface area is 134 Å². The van der Waals surface area contributed by atoms with Crippen molar-refractivity contribution in [2.24, 2.45) is 5.41 Å². The van der Waals surface area contributed by atoms with Crippen LogP contribution in [-0.2, 0) is 0 Å². The first-order chi connectivity index (χ1) is 10.6. The highest BCUT2D eigenvalue weighted by atomic mass is 15.2. The van der Waals surface area contributed by atoms with E-state index < -0.39 is 0 Å². The molecule has 2 fully saturated rings. The fraction of sp³-hybridized carbons (Fsp3) is 0.632. The van der Waals surface area contributed by atoms with Gasteiger partial charge in [-0.15, -0.1) is 0 Å². The van der Waals surface area contributed by atoms with Crippen molar-refractivity contribution in [1.29, 1.82) is 5.26 Å². The lowest BCUT2D eigenvalue weighted by molar-refractivity contribution is 0.0852. The molecule has 2 saturated heterocycles. The lowest BCUT2D eigenvalue weighted by Crippen LogP contribution is -2.50. The maximum atomic E-state index is 9.40. The van der Waals surface area contributed by atoms with E-state index in [-0.39, 0.29) is 5.41 Å². The van der Waals surface area contributed by atoms with Gasteiger partial charge in [-0.05, 0) is 63.8 Å². The number of likely N-dealkylation sites (tertiary alicyclic amines) is 1. The Hall–Kier alpha value is -1.53. The predicted octanol–water partition coefficient (Wildman–Crippen LogP) is 3.59. The molecule has 0 bridgehead atoms. The highest BCUT2D eigenvalue weighted by molar-refractivity contribution is 5.48. The number of anilines is 1. The molecule has 0 amide bonds. The summed E-state index contributed by atoms with van der Waals surface area (Å²) < 4.78 is 0. The zero-order chi connectivity index (χ0) is 15.6. The number of hydrogen-bond donors (Lipinski definition) is 0. The van der Waals surface area contributed by atoms with Crippen LogP contribution in [-0.4, -0.2) is 37.1 Å². The maximum absolute atomic E-state index is 9.40. The molecule has 0 unspecified atom stereocenters. The van der Waals surface area contributed by atoms with Crippen molar-refractivity contribution in [3.05, 3.63) is 29.8 Å². The minimum atomic E-state index is -0.133. The van der Waals surface area contributed by atoms with Crippen molar-refractivity contribution in [1.82, 2.24) is 4.90 Å². The van der Waals surface area contributed by atoms with Gasteiger partial charge in [-0.1, -0.05) is 12.1 Å². The fourth-order valence-corrected chi connectivity index (χ4v) is 4.00. The van der Waals surface area contributed by atoms with Gasteiger partial charge < -0.3 is 4.90 Å². The lowest BCUT2D eigenvalue weighted by atomic mass is 9.82. The van der Waals surface area contributed by atoms with Crippen LogP contribution in [0.2, 0.25) is 0 Å². The zero-order valence-corrected chi connectivity index (χ0v) is 13.9. The van der Waals surface area contributed by atoms with E-state index in [1.54, 1.807) is 0 Å². The molecule has 2 aliphatic rings. The zero-order valence-electron chi connectivity index (χ0n) is 13.9. The third-order valence-electron chi connectivity index (χ3n) is 5.34. The van der Waals surface area contributed by atoms with Crippen LogP contribution in [0.1, 0.15) is 38.2 Å². The molecule has 0 spiro atoms.